The lowest BCUT2D eigenvalue weighted by Gasteiger charge is -2.11. The first kappa shape index (κ1) is 12.5. The second-order valence-electron chi connectivity index (χ2n) is 3.73. The minimum atomic E-state index is -0.502. The molecule has 16 heavy (non-hydrogen) atoms. The number of amides is 1. The minimum absolute atomic E-state index is 0.145. The number of rotatable bonds is 4. The third-order valence-corrected chi connectivity index (χ3v) is 2.50. The van der Waals surface area contributed by atoms with Crippen molar-refractivity contribution in [2.45, 2.75) is 19.4 Å². The first-order valence-corrected chi connectivity index (χ1v) is 5.19. The molecule has 0 aliphatic rings. The van der Waals surface area contributed by atoms with Crippen molar-refractivity contribution in [1.82, 2.24) is 5.32 Å². The fourth-order valence-corrected chi connectivity index (χ4v) is 1.60. The number of methoxy groups -OCH3 is 1. The summed E-state index contributed by atoms with van der Waals surface area (Å²) in [5.74, 6) is 0.700. The fraction of sp³-hybridized carbons (Fsp3) is 0.417. The molecule has 0 saturated heterocycles. The third-order valence-electron chi connectivity index (χ3n) is 2.50. The highest BCUT2D eigenvalue weighted by Gasteiger charge is 2.12. The van der Waals surface area contributed by atoms with E-state index < -0.39 is 6.04 Å². The largest absolute Gasteiger partial charge is 0.496 e. The number of nitrogens with one attached hydrogen (secondary N) is 1. The van der Waals surface area contributed by atoms with E-state index in [1.165, 1.54) is 0 Å². The summed E-state index contributed by atoms with van der Waals surface area (Å²) in [4.78, 5) is 11.3. The number of carbonyl (C=O) groups excluding carboxylic acids is 1. The molecule has 0 unspecified atom stereocenters. The zero-order valence-corrected chi connectivity index (χ0v) is 9.91. The zero-order chi connectivity index (χ0) is 12.1. The van der Waals surface area contributed by atoms with E-state index in [1.54, 1.807) is 14.2 Å². The van der Waals surface area contributed by atoms with Crippen molar-refractivity contribution < 1.29 is 9.53 Å². The van der Waals surface area contributed by atoms with Crippen LogP contribution in [0.1, 0.15) is 11.1 Å². The zero-order valence-electron chi connectivity index (χ0n) is 9.91. The Morgan fingerprint density at radius 3 is 2.75 bits per heavy atom. The van der Waals surface area contributed by atoms with Gasteiger partial charge in [0.25, 0.3) is 0 Å². The molecule has 4 heteroatoms. The van der Waals surface area contributed by atoms with Gasteiger partial charge in [0.15, 0.2) is 0 Å². The highest BCUT2D eigenvalue weighted by molar-refractivity contribution is 5.81. The van der Waals surface area contributed by atoms with Gasteiger partial charge in [-0.3, -0.25) is 4.79 Å². The Hall–Kier alpha value is -1.55. The Labute approximate surface area is 95.8 Å². The van der Waals surface area contributed by atoms with Gasteiger partial charge in [0.2, 0.25) is 5.91 Å². The molecule has 88 valence electrons. The number of hydrogen-bond acceptors (Lipinski definition) is 3. The Balaban J connectivity index is 2.75. The summed E-state index contributed by atoms with van der Waals surface area (Å²) < 4.78 is 5.16. The molecule has 0 aliphatic carbocycles. The van der Waals surface area contributed by atoms with Gasteiger partial charge in [0, 0.05) is 7.05 Å². The standard InChI is InChI=1S/C12H18N2O2/c1-8-6-9(4-5-11(8)16-3)7-10(13)12(15)14-2/h4-6,10H,7,13H2,1-3H3,(H,14,15)/t10-/m0/s1. The van der Waals surface area contributed by atoms with Crippen LogP contribution in [-0.4, -0.2) is 26.1 Å². The molecule has 0 spiro atoms. The molecule has 0 fully saturated rings. The maximum Gasteiger partial charge on any atom is 0.237 e. The number of carbonyl (C=O) groups is 1. The third kappa shape index (κ3) is 2.97. The monoisotopic (exact) mass is 222 g/mol. The predicted molar refractivity (Wildman–Crippen MR) is 63.5 cm³/mol. The maximum absolute atomic E-state index is 11.3. The van der Waals surface area contributed by atoms with Crippen LogP contribution in [0.2, 0.25) is 0 Å². The van der Waals surface area contributed by atoms with Crippen molar-refractivity contribution in [3.63, 3.8) is 0 Å². The van der Waals surface area contributed by atoms with E-state index in [0.29, 0.717) is 6.42 Å². The lowest BCUT2D eigenvalue weighted by molar-refractivity contribution is -0.121. The lowest BCUT2D eigenvalue weighted by Crippen LogP contribution is -2.40. The first-order chi connectivity index (χ1) is 7.58. The van der Waals surface area contributed by atoms with Crippen LogP contribution in [0, 0.1) is 6.92 Å². The van der Waals surface area contributed by atoms with Gasteiger partial charge in [-0.2, -0.15) is 0 Å². The van der Waals surface area contributed by atoms with Gasteiger partial charge in [-0.05, 0) is 30.5 Å². The Morgan fingerprint density at radius 1 is 1.56 bits per heavy atom. The molecule has 1 amide bonds. The summed E-state index contributed by atoms with van der Waals surface area (Å²) in [5, 5.41) is 2.53. The van der Waals surface area contributed by atoms with Gasteiger partial charge in [-0.25, -0.2) is 0 Å². The van der Waals surface area contributed by atoms with E-state index in [9.17, 15) is 4.79 Å². The highest BCUT2D eigenvalue weighted by atomic mass is 16.5. The Bertz CT molecular complexity index is 377. The predicted octanol–water partition coefficient (Wildman–Crippen LogP) is 0.619. The van der Waals surface area contributed by atoms with E-state index in [1.807, 2.05) is 25.1 Å². The number of benzene rings is 1. The van der Waals surface area contributed by atoms with Gasteiger partial charge in [-0.15, -0.1) is 0 Å². The molecular formula is C12H18N2O2. The van der Waals surface area contributed by atoms with Gasteiger partial charge in [0.1, 0.15) is 5.75 Å². The SMILES string of the molecule is CNC(=O)[C@@H](N)Cc1ccc(OC)c(C)c1. The van der Waals surface area contributed by atoms with E-state index in [2.05, 4.69) is 5.32 Å². The topological polar surface area (TPSA) is 64.4 Å². The highest BCUT2D eigenvalue weighted by Crippen LogP contribution is 2.19. The van der Waals surface area contributed by atoms with Crippen molar-refractivity contribution in [1.29, 1.82) is 0 Å². The van der Waals surface area contributed by atoms with Crippen LogP contribution in [0.5, 0.6) is 5.75 Å². The summed E-state index contributed by atoms with van der Waals surface area (Å²) in [7, 11) is 3.22. The van der Waals surface area contributed by atoms with Crippen LogP contribution in [0.25, 0.3) is 0 Å². The quantitative estimate of drug-likeness (QED) is 0.785. The molecule has 0 radical (unpaired) electrons. The molecule has 0 heterocycles. The second-order valence-corrected chi connectivity index (χ2v) is 3.73. The van der Waals surface area contributed by atoms with Gasteiger partial charge in [-0.1, -0.05) is 12.1 Å². The van der Waals surface area contributed by atoms with E-state index in [-0.39, 0.29) is 5.91 Å². The van der Waals surface area contributed by atoms with Crippen LogP contribution in [0.4, 0.5) is 0 Å². The lowest BCUT2D eigenvalue weighted by atomic mass is 10.0. The summed E-state index contributed by atoms with van der Waals surface area (Å²) >= 11 is 0. The smallest absolute Gasteiger partial charge is 0.237 e. The molecule has 0 saturated carbocycles. The van der Waals surface area contributed by atoms with Crippen LogP contribution in [0.15, 0.2) is 18.2 Å². The van der Waals surface area contributed by atoms with Gasteiger partial charge in [0.05, 0.1) is 13.2 Å². The van der Waals surface area contributed by atoms with Crippen LogP contribution in [0.3, 0.4) is 0 Å². The van der Waals surface area contributed by atoms with Crippen molar-refractivity contribution in [3.8, 4) is 5.75 Å². The average Bonchev–Trinajstić information content (AvgIpc) is 2.28. The van der Waals surface area contributed by atoms with E-state index in [0.717, 1.165) is 16.9 Å². The molecule has 1 aromatic carbocycles. The fourth-order valence-electron chi connectivity index (χ4n) is 1.60. The van der Waals surface area contributed by atoms with Crippen LogP contribution in [-0.2, 0) is 11.2 Å². The number of likely N-dealkylation sites (N-methyl/N-ethyl adjacent to an activating group) is 1. The average molecular weight is 222 g/mol. The van der Waals surface area contributed by atoms with Crippen molar-refractivity contribution in [2.75, 3.05) is 14.2 Å². The molecule has 1 atom stereocenters. The number of aryl methyl sites for hydroxylation is 1. The molecule has 4 nitrogen and oxygen atoms in total. The maximum atomic E-state index is 11.3. The van der Waals surface area contributed by atoms with Crippen molar-refractivity contribution >= 4 is 5.91 Å². The molecule has 0 aromatic heterocycles. The molecule has 1 aromatic rings. The van der Waals surface area contributed by atoms with Gasteiger partial charge >= 0.3 is 0 Å². The van der Waals surface area contributed by atoms with E-state index >= 15 is 0 Å². The summed E-state index contributed by atoms with van der Waals surface area (Å²) in [6, 6.07) is 5.30. The Morgan fingerprint density at radius 2 is 2.25 bits per heavy atom. The van der Waals surface area contributed by atoms with Gasteiger partial charge < -0.3 is 15.8 Å². The molecule has 3 N–H and O–H groups in total. The summed E-state index contributed by atoms with van der Waals surface area (Å²) in [6.07, 6.45) is 0.532. The van der Waals surface area contributed by atoms with Crippen LogP contribution >= 0.6 is 0 Å². The summed E-state index contributed by atoms with van der Waals surface area (Å²) in [5.41, 5.74) is 7.82. The first-order valence-electron chi connectivity index (χ1n) is 5.19. The molecule has 0 aliphatic heterocycles. The molecule has 1 rings (SSSR count). The van der Waals surface area contributed by atoms with Crippen molar-refractivity contribution in [3.05, 3.63) is 29.3 Å². The number of hydrogen-bond donors (Lipinski definition) is 2. The normalized spacial score (nSPS) is 12.0. The number of nitrogens with two attached hydrogens (primary N) is 1. The summed E-state index contributed by atoms with van der Waals surface area (Å²) in [6.45, 7) is 1.97. The minimum Gasteiger partial charge on any atom is -0.496 e. The molecule has 0 bridgehead atoms. The second kappa shape index (κ2) is 5.51. The van der Waals surface area contributed by atoms with Crippen molar-refractivity contribution in [2.24, 2.45) is 5.73 Å². The number of ether oxygens (including phenoxy) is 1. The Kier molecular flexibility index (Phi) is 4.31. The van der Waals surface area contributed by atoms with E-state index in [4.69, 9.17) is 10.5 Å². The molecular weight excluding hydrogens is 204 g/mol. The van der Waals surface area contributed by atoms with Crippen LogP contribution < -0.4 is 15.8 Å².